The molecule has 2 heteroatoms. The molecular formula is C33H25NO. The number of fused-ring (bicyclic) bond motifs is 1. The van der Waals surface area contributed by atoms with Crippen molar-refractivity contribution in [3.63, 3.8) is 0 Å². The predicted octanol–water partition coefficient (Wildman–Crippen LogP) is 8.24. The van der Waals surface area contributed by atoms with Gasteiger partial charge in [0, 0.05) is 29.7 Å². The van der Waals surface area contributed by atoms with Crippen LogP contribution in [0.1, 0.15) is 23.6 Å². The summed E-state index contributed by atoms with van der Waals surface area (Å²) in [5.41, 5.74) is 5.59. The van der Waals surface area contributed by atoms with Gasteiger partial charge < -0.3 is 4.74 Å². The first kappa shape index (κ1) is 21.1. The van der Waals surface area contributed by atoms with Crippen LogP contribution in [0.15, 0.2) is 138 Å². The second kappa shape index (κ2) is 8.73. The van der Waals surface area contributed by atoms with E-state index >= 15 is 0 Å². The monoisotopic (exact) mass is 451 g/mol. The van der Waals surface area contributed by atoms with Gasteiger partial charge in [-0.3, -0.25) is 0 Å². The maximum atomic E-state index is 6.60. The molecule has 0 spiro atoms. The molecule has 1 atom stereocenters. The molecule has 0 bridgehead atoms. The second-order valence-electron chi connectivity index (χ2n) is 8.96. The van der Waals surface area contributed by atoms with E-state index in [-0.39, 0.29) is 0 Å². The van der Waals surface area contributed by atoms with Gasteiger partial charge in [0.05, 0.1) is 5.71 Å². The molecule has 0 saturated heterocycles. The summed E-state index contributed by atoms with van der Waals surface area (Å²) in [5.74, 6) is 0.814. The summed E-state index contributed by atoms with van der Waals surface area (Å²) in [7, 11) is 0. The van der Waals surface area contributed by atoms with Crippen LogP contribution < -0.4 is 0 Å². The topological polar surface area (TPSA) is 21.6 Å². The highest BCUT2D eigenvalue weighted by Crippen LogP contribution is 2.38. The van der Waals surface area contributed by atoms with Gasteiger partial charge in [-0.15, -0.1) is 0 Å². The number of nitrogens with zero attached hydrogens (tertiary/aromatic N) is 1. The summed E-state index contributed by atoms with van der Waals surface area (Å²) in [4.78, 5) is 5.12. The molecule has 0 amide bonds. The zero-order chi connectivity index (χ0) is 23.7. The fourth-order valence-electron chi connectivity index (χ4n) is 4.62. The summed E-state index contributed by atoms with van der Waals surface area (Å²) < 4.78 is 6.60. The number of hydrogen-bond acceptors (Lipinski definition) is 2. The minimum Gasteiger partial charge on any atom is -0.462 e. The lowest BCUT2D eigenvalue weighted by Gasteiger charge is -2.33. The third-order valence-electron chi connectivity index (χ3n) is 6.54. The standard InChI is InChI=1S/C33H25NO/c1-33(30-14-6-3-7-15-30)34-31(29-21-18-25-12-8-9-13-28(25)22-29)23-32(35-33)27-19-16-26(17-20-27)24-10-4-2-5-11-24/h2-23H,1H3. The minimum atomic E-state index is -0.829. The molecule has 1 unspecified atom stereocenters. The Bertz CT molecular complexity index is 1550. The Kier molecular flexibility index (Phi) is 5.27. The van der Waals surface area contributed by atoms with Gasteiger partial charge in [-0.05, 0) is 28.0 Å². The van der Waals surface area contributed by atoms with Crippen molar-refractivity contribution in [3.8, 4) is 11.1 Å². The molecule has 0 saturated carbocycles. The number of hydrogen-bond donors (Lipinski definition) is 0. The minimum absolute atomic E-state index is 0.814. The van der Waals surface area contributed by atoms with Crippen LogP contribution in [0.3, 0.4) is 0 Å². The molecule has 1 heterocycles. The third-order valence-corrected chi connectivity index (χ3v) is 6.54. The Balaban J connectivity index is 1.45. The predicted molar refractivity (Wildman–Crippen MR) is 145 cm³/mol. The zero-order valence-corrected chi connectivity index (χ0v) is 19.6. The highest BCUT2D eigenvalue weighted by molar-refractivity contribution is 6.14. The Morgan fingerprint density at radius 1 is 0.543 bits per heavy atom. The number of benzene rings is 5. The molecule has 0 aliphatic carbocycles. The molecule has 1 aliphatic rings. The lowest BCUT2D eigenvalue weighted by atomic mass is 9.97. The summed E-state index contributed by atoms with van der Waals surface area (Å²) in [6.07, 6.45) is 2.06. The first-order chi connectivity index (χ1) is 17.2. The largest absolute Gasteiger partial charge is 0.462 e. The average molecular weight is 452 g/mol. The van der Waals surface area contributed by atoms with E-state index in [0.717, 1.165) is 28.2 Å². The maximum Gasteiger partial charge on any atom is 0.224 e. The molecular weight excluding hydrogens is 426 g/mol. The van der Waals surface area contributed by atoms with Crippen LogP contribution in [0.4, 0.5) is 0 Å². The number of aliphatic imine (C=N–C) groups is 1. The molecule has 35 heavy (non-hydrogen) atoms. The average Bonchev–Trinajstić information content (AvgIpc) is 2.93. The maximum absolute atomic E-state index is 6.60. The van der Waals surface area contributed by atoms with Gasteiger partial charge in [-0.25, -0.2) is 4.99 Å². The fraction of sp³-hybridized carbons (Fsp3) is 0.0606. The Hall–Kier alpha value is -4.43. The molecule has 5 aromatic carbocycles. The van der Waals surface area contributed by atoms with Crippen molar-refractivity contribution < 1.29 is 4.74 Å². The SMILES string of the molecule is CC1(c2ccccc2)N=C(c2ccc3ccccc3c2)C=C(c2ccc(-c3ccccc3)cc2)O1. The first-order valence-electron chi connectivity index (χ1n) is 11.9. The van der Waals surface area contributed by atoms with E-state index in [1.807, 2.05) is 31.2 Å². The molecule has 0 aromatic heterocycles. The first-order valence-corrected chi connectivity index (χ1v) is 11.9. The van der Waals surface area contributed by atoms with Gasteiger partial charge in [0.25, 0.3) is 0 Å². The van der Waals surface area contributed by atoms with Crippen LogP contribution in [-0.4, -0.2) is 5.71 Å². The fourth-order valence-corrected chi connectivity index (χ4v) is 4.62. The van der Waals surface area contributed by atoms with E-state index in [1.165, 1.54) is 21.9 Å². The smallest absolute Gasteiger partial charge is 0.224 e. The van der Waals surface area contributed by atoms with Crippen LogP contribution >= 0.6 is 0 Å². The van der Waals surface area contributed by atoms with Crippen molar-refractivity contribution in [1.29, 1.82) is 0 Å². The quantitative estimate of drug-likeness (QED) is 0.270. The van der Waals surface area contributed by atoms with E-state index < -0.39 is 5.72 Å². The highest BCUT2D eigenvalue weighted by Gasteiger charge is 2.33. The second-order valence-corrected chi connectivity index (χ2v) is 8.96. The molecule has 0 N–H and O–H groups in total. The van der Waals surface area contributed by atoms with Gasteiger partial charge in [-0.1, -0.05) is 121 Å². The van der Waals surface area contributed by atoms with Crippen LogP contribution in [0, 0.1) is 0 Å². The van der Waals surface area contributed by atoms with E-state index in [1.54, 1.807) is 0 Å². The van der Waals surface area contributed by atoms with Crippen LogP contribution in [0.25, 0.3) is 27.7 Å². The molecule has 0 fully saturated rings. The van der Waals surface area contributed by atoms with Crippen molar-refractivity contribution >= 4 is 22.2 Å². The summed E-state index contributed by atoms with van der Waals surface area (Å²) in [6.45, 7) is 2.04. The van der Waals surface area contributed by atoms with Crippen molar-refractivity contribution in [3.05, 3.63) is 150 Å². The summed E-state index contributed by atoms with van der Waals surface area (Å²) >= 11 is 0. The zero-order valence-electron chi connectivity index (χ0n) is 19.6. The van der Waals surface area contributed by atoms with Crippen molar-refractivity contribution in [2.24, 2.45) is 4.99 Å². The lowest BCUT2D eigenvalue weighted by molar-refractivity contribution is 0.0620. The molecule has 2 nitrogen and oxygen atoms in total. The van der Waals surface area contributed by atoms with E-state index in [9.17, 15) is 0 Å². The van der Waals surface area contributed by atoms with E-state index in [2.05, 4.69) is 109 Å². The number of rotatable bonds is 4. The summed E-state index contributed by atoms with van der Waals surface area (Å²) in [5, 5.41) is 2.42. The van der Waals surface area contributed by atoms with Gasteiger partial charge in [0.15, 0.2) is 0 Å². The van der Waals surface area contributed by atoms with Crippen LogP contribution in [-0.2, 0) is 10.5 Å². The van der Waals surface area contributed by atoms with Gasteiger partial charge in [0.2, 0.25) is 5.72 Å². The lowest BCUT2D eigenvalue weighted by Crippen LogP contribution is -2.28. The molecule has 5 aromatic rings. The van der Waals surface area contributed by atoms with Crippen molar-refractivity contribution in [2.45, 2.75) is 12.6 Å². The molecule has 6 rings (SSSR count). The van der Waals surface area contributed by atoms with Crippen molar-refractivity contribution in [2.75, 3.05) is 0 Å². The highest BCUT2D eigenvalue weighted by atomic mass is 16.5. The van der Waals surface area contributed by atoms with Gasteiger partial charge >= 0.3 is 0 Å². The summed E-state index contributed by atoms with van der Waals surface area (Å²) in [6, 6.07) is 44.1. The molecule has 168 valence electrons. The molecule has 1 aliphatic heterocycles. The third kappa shape index (κ3) is 4.15. The van der Waals surface area contributed by atoms with Crippen LogP contribution in [0.5, 0.6) is 0 Å². The van der Waals surface area contributed by atoms with Gasteiger partial charge in [-0.2, -0.15) is 0 Å². The Labute approximate surface area is 205 Å². The van der Waals surface area contributed by atoms with Crippen molar-refractivity contribution in [1.82, 2.24) is 0 Å². The normalized spacial score (nSPS) is 17.4. The number of ether oxygens (including phenoxy) is 1. The Morgan fingerprint density at radius 3 is 1.86 bits per heavy atom. The molecule has 0 radical (unpaired) electrons. The van der Waals surface area contributed by atoms with Crippen LogP contribution in [0.2, 0.25) is 0 Å². The number of allylic oxidation sites excluding steroid dienone is 1. The Morgan fingerprint density at radius 2 is 1.11 bits per heavy atom. The van der Waals surface area contributed by atoms with E-state index in [4.69, 9.17) is 9.73 Å². The van der Waals surface area contributed by atoms with E-state index in [0.29, 0.717) is 0 Å². The van der Waals surface area contributed by atoms with Gasteiger partial charge in [0.1, 0.15) is 5.76 Å².